The number of ether oxygens (including phenoxy) is 2. The fourth-order valence-corrected chi connectivity index (χ4v) is 1.95. The molecule has 0 aliphatic heterocycles. The summed E-state index contributed by atoms with van der Waals surface area (Å²) >= 11 is 0. The number of anilines is 1. The molecule has 0 fully saturated rings. The van der Waals surface area contributed by atoms with E-state index in [1.54, 1.807) is 0 Å². The summed E-state index contributed by atoms with van der Waals surface area (Å²) in [5.74, 6) is -4.20. The van der Waals surface area contributed by atoms with Gasteiger partial charge in [-0.25, -0.2) is 8.78 Å². The third-order valence-corrected chi connectivity index (χ3v) is 2.94. The minimum atomic E-state index is -5.32. The van der Waals surface area contributed by atoms with Crippen LogP contribution in [0.3, 0.4) is 0 Å². The first-order valence-electron chi connectivity index (χ1n) is 5.99. The Kier molecular flexibility index (Phi) is 5.16. The number of benzene rings is 1. The van der Waals surface area contributed by atoms with Crippen LogP contribution < -0.4 is 5.73 Å². The predicted octanol–water partition coefficient (Wildman–Crippen LogP) is 3.34. The van der Waals surface area contributed by atoms with Gasteiger partial charge in [-0.05, 0) is 17.7 Å². The van der Waals surface area contributed by atoms with Crippen molar-refractivity contribution in [1.82, 2.24) is 0 Å². The maximum absolute atomic E-state index is 13.8. The van der Waals surface area contributed by atoms with Gasteiger partial charge in [0, 0.05) is 19.7 Å². The molecule has 120 valence electrons. The van der Waals surface area contributed by atoms with Crippen molar-refractivity contribution in [1.29, 1.82) is 0 Å². The number of methoxy groups -OCH3 is 1. The van der Waals surface area contributed by atoms with Crippen molar-refractivity contribution in [2.45, 2.75) is 24.6 Å². The Labute approximate surface area is 118 Å². The van der Waals surface area contributed by atoms with E-state index in [2.05, 4.69) is 9.47 Å². The second-order valence-corrected chi connectivity index (χ2v) is 4.53. The summed E-state index contributed by atoms with van der Waals surface area (Å²) in [6.07, 6.45) is -5.32. The molecule has 1 atom stereocenters. The van der Waals surface area contributed by atoms with Crippen LogP contribution in [0.1, 0.15) is 12.5 Å². The minimum Gasteiger partial charge on any atom is -0.399 e. The molecule has 0 aliphatic carbocycles. The first-order valence-corrected chi connectivity index (χ1v) is 5.99. The molecule has 2 N–H and O–H groups in total. The highest BCUT2D eigenvalue weighted by molar-refractivity contribution is 5.42. The fraction of sp³-hybridized carbons (Fsp3) is 0.538. The SMILES string of the molecule is COCCOC(c1ccc(N)cc1)(C(C)(F)F)C(F)(F)F. The van der Waals surface area contributed by atoms with E-state index >= 15 is 0 Å². The van der Waals surface area contributed by atoms with Crippen molar-refractivity contribution in [2.24, 2.45) is 0 Å². The molecule has 3 nitrogen and oxygen atoms in total. The first-order chi connectivity index (χ1) is 9.56. The standard InChI is InChI=1S/C13H16F5NO2/c1-11(14,15)12(13(16,17)18,21-8-7-20-2)9-3-5-10(19)6-4-9/h3-6H,7-8,19H2,1-2H3. The summed E-state index contributed by atoms with van der Waals surface area (Å²) in [5.41, 5.74) is 1.07. The minimum absolute atomic E-state index is 0.158. The van der Waals surface area contributed by atoms with Crippen LogP contribution >= 0.6 is 0 Å². The molecule has 8 heteroatoms. The first kappa shape index (κ1) is 17.6. The zero-order valence-electron chi connectivity index (χ0n) is 11.5. The van der Waals surface area contributed by atoms with Crippen molar-refractivity contribution < 1.29 is 31.4 Å². The van der Waals surface area contributed by atoms with Crippen LogP contribution in [0, 0.1) is 0 Å². The van der Waals surface area contributed by atoms with Gasteiger partial charge in [0.05, 0.1) is 13.2 Å². The van der Waals surface area contributed by atoms with E-state index in [0.717, 1.165) is 24.3 Å². The molecule has 1 aromatic rings. The van der Waals surface area contributed by atoms with Gasteiger partial charge in [-0.3, -0.25) is 0 Å². The van der Waals surface area contributed by atoms with Crippen molar-refractivity contribution in [3.8, 4) is 0 Å². The molecular formula is C13H16F5NO2. The van der Waals surface area contributed by atoms with Crippen LogP contribution in [-0.4, -0.2) is 32.4 Å². The second kappa shape index (κ2) is 6.15. The Morgan fingerprint density at radius 2 is 1.52 bits per heavy atom. The molecule has 0 saturated heterocycles. The molecule has 0 heterocycles. The fourth-order valence-electron chi connectivity index (χ4n) is 1.95. The summed E-state index contributed by atoms with van der Waals surface area (Å²) in [7, 11) is 1.23. The quantitative estimate of drug-likeness (QED) is 0.498. The number of hydrogen-bond donors (Lipinski definition) is 1. The Bertz CT molecular complexity index is 439. The van der Waals surface area contributed by atoms with E-state index in [-0.39, 0.29) is 19.2 Å². The number of alkyl halides is 5. The van der Waals surface area contributed by atoms with Gasteiger partial charge < -0.3 is 15.2 Å². The average Bonchev–Trinajstić information content (AvgIpc) is 2.33. The molecule has 0 radical (unpaired) electrons. The topological polar surface area (TPSA) is 44.5 Å². The summed E-state index contributed by atoms with van der Waals surface area (Å²) in [5, 5.41) is 0. The second-order valence-electron chi connectivity index (χ2n) is 4.53. The third kappa shape index (κ3) is 3.44. The number of nitrogen functional groups attached to an aromatic ring is 1. The lowest BCUT2D eigenvalue weighted by Crippen LogP contribution is -2.57. The highest BCUT2D eigenvalue weighted by Crippen LogP contribution is 2.52. The maximum Gasteiger partial charge on any atom is 0.427 e. The van der Waals surface area contributed by atoms with E-state index in [0.29, 0.717) is 0 Å². The number of halogens is 5. The molecule has 0 bridgehead atoms. The number of nitrogens with two attached hydrogens (primary N) is 1. The molecule has 0 aliphatic rings. The van der Waals surface area contributed by atoms with Crippen molar-refractivity contribution in [3.63, 3.8) is 0 Å². The van der Waals surface area contributed by atoms with Crippen molar-refractivity contribution in [2.75, 3.05) is 26.1 Å². The van der Waals surface area contributed by atoms with Gasteiger partial charge in [-0.2, -0.15) is 13.2 Å². The van der Waals surface area contributed by atoms with E-state index in [1.165, 1.54) is 7.11 Å². The van der Waals surface area contributed by atoms with Crippen LogP contribution in [0.25, 0.3) is 0 Å². The summed E-state index contributed by atoms with van der Waals surface area (Å²) in [6.45, 7) is -0.712. The number of rotatable bonds is 6. The third-order valence-electron chi connectivity index (χ3n) is 2.94. The molecular weight excluding hydrogens is 297 g/mol. The lowest BCUT2D eigenvalue weighted by molar-refractivity contribution is -0.352. The summed E-state index contributed by atoms with van der Waals surface area (Å²) in [4.78, 5) is 0. The highest BCUT2D eigenvalue weighted by atomic mass is 19.4. The normalized spacial score (nSPS) is 15.8. The molecule has 1 unspecified atom stereocenters. The molecule has 0 amide bonds. The van der Waals surface area contributed by atoms with E-state index in [9.17, 15) is 22.0 Å². The van der Waals surface area contributed by atoms with Crippen LogP contribution in [0.15, 0.2) is 24.3 Å². The van der Waals surface area contributed by atoms with E-state index in [4.69, 9.17) is 5.73 Å². The van der Waals surface area contributed by atoms with Gasteiger partial charge in [-0.15, -0.1) is 0 Å². The largest absolute Gasteiger partial charge is 0.427 e. The Morgan fingerprint density at radius 1 is 1.00 bits per heavy atom. The van der Waals surface area contributed by atoms with Gasteiger partial charge in [-0.1, -0.05) is 12.1 Å². The average molecular weight is 313 g/mol. The van der Waals surface area contributed by atoms with Gasteiger partial charge in [0.1, 0.15) is 0 Å². The zero-order chi connectivity index (χ0) is 16.3. The van der Waals surface area contributed by atoms with E-state index in [1.807, 2.05) is 0 Å². The molecule has 0 spiro atoms. The Morgan fingerprint density at radius 3 is 1.90 bits per heavy atom. The smallest absolute Gasteiger partial charge is 0.399 e. The van der Waals surface area contributed by atoms with Crippen molar-refractivity contribution in [3.05, 3.63) is 29.8 Å². The number of hydrogen-bond acceptors (Lipinski definition) is 3. The van der Waals surface area contributed by atoms with Crippen LogP contribution in [0.2, 0.25) is 0 Å². The Balaban J connectivity index is 3.40. The molecule has 21 heavy (non-hydrogen) atoms. The predicted molar refractivity (Wildman–Crippen MR) is 67.0 cm³/mol. The van der Waals surface area contributed by atoms with Crippen LogP contribution in [-0.2, 0) is 15.1 Å². The van der Waals surface area contributed by atoms with Gasteiger partial charge >= 0.3 is 6.18 Å². The van der Waals surface area contributed by atoms with Gasteiger partial charge in [0.15, 0.2) is 0 Å². The molecule has 0 aromatic heterocycles. The molecule has 1 rings (SSSR count). The molecule has 1 aromatic carbocycles. The summed E-state index contributed by atoms with van der Waals surface area (Å²) < 4.78 is 77.0. The van der Waals surface area contributed by atoms with Crippen LogP contribution in [0.5, 0.6) is 0 Å². The van der Waals surface area contributed by atoms with Crippen molar-refractivity contribution >= 4 is 5.69 Å². The summed E-state index contributed by atoms with van der Waals surface area (Å²) in [6, 6.07) is 3.99. The van der Waals surface area contributed by atoms with Gasteiger partial charge in [0.2, 0.25) is 0 Å². The van der Waals surface area contributed by atoms with Crippen LogP contribution in [0.4, 0.5) is 27.6 Å². The van der Waals surface area contributed by atoms with E-state index < -0.39 is 29.9 Å². The van der Waals surface area contributed by atoms with Gasteiger partial charge in [0.25, 0.3) is 11.5 Å². The monoisotopic (exact) mass is 313 g/mol. The maximum atomic E-state index is 13.8. The zero-order valence-corrected chi connectivity index (χ0v) is 11.5. The lowest BCUT2D eigenvalue weighted by Gasteiger charge is -2.40. The molecule has 0 saturated carbocycles. The lowest BCUT2D eigenvalue weighted by atomic mass is 9.86. The Hall–Kier alpha value is -1.41. The highest BCUT2D eigenvalue weighted by Gasteiger charge is 2.69.